The first-order valence-corrected chi connectivity index (χ1v) is 18.7. The maximum absolute atomic E-state index is 9.29. The van der Waals surface area contributed by atoms with E-state index >= 15 is 0 Å². The number of hydrogen-bond donors (Lipinski definition) is 0. The van der Waals surface area contributed by atoms with E-state index in [1.54, 1.807) is 11.3 Å². The summed E-state index contributed by atoms with van der Waals surface area (Å²) in [5.41, 5.74) is 6.98. The molecule has 0 saturated carbocycles. The molecule has 0 atom stereocenters. The maximum Gasteiger partial charge on any atom is 0.0971 e. The Morgan fingerprint density at radius 1 is 0.564 bits per heavy atom. The average molecular weight is 726 g/mol. The minimum atomic E-state index is -0.417. The molecule has 0 radical (unpaired) electrons. The highest BCUT2D eigenvalue weighted by molar-refractivity contribution is 7.20. The third kappa shape index (κ3) is 5.40. The summed E-state index contributed by atoms with van der Waals surface area (Å²) in [4.78, 5) is 11.3. The Bertz CT molecular complexity index is 3490. The van der Waals surface area contributed by atoms with Gasteiger partial charge in [0.1, 0.15) is 0 Å². The van der Waals surface area contributed by atoms with Gasteiger partial charge >= 0.3 is 0 Å². The van der Waals surface area contributed by atoms with Crippen molar-refractivity contribution < 1.29 is 9.60 Å². The Balaban J connectivity index is 1.31. The van der Waals surface area contributed by atoms with Crippen LogP contribution >= 0.6 is 11.3 Å². The van der Waals surface area contributed by atoms with Gasteiger partial charge < -0.3 is 0 Å². The van der Waals surface area contributed by atoms with Crippen LogP contribution in [-0.2, 0) is 0 Å². The highest BCUT2D eigenvalue weighted by atomic mass is 32.1. The number of fused-ring (bicyclic) bond motifs is 5. The molecule has 0 aliphatic heterocycles. The molecule has 2 nitrogen and oxygen atoms in total. The van der Waals surface area contributed by atoms with Gasteiger partial charge in [0.2, 0.25) is 0 Å². The van der Waals surface area contributed by atoms with E-state index in [2.05, 4.69) is 120 Å². The summed E-state index contributed by atoms with van der Waals surface area (Å²) in [5, 5.41) is 6.31. The van der Waals surface area contributed by atoms with Gasteiger partial charge in [-0.25, -0.2) is 4.98 Å². The lowest BCUT2D eigenvalue weighted by Crippen LogP contribution is -1.92. The summed E-state index contributed by atoms with van der Waals surface area (Å²) in [6, 6.07) is 50.7. The summed E-state index contributed by atoms with van der Waals surface area (Å²) >= 11 is 1.77. The molecule has 10 rings (SSSR count). The Labute approximate surface area is 333 Å². The monoisotopic (exact) mass is 725 g/mol. The number of pyridine rings is 1. The molecule has 55 heavy (non-hydrogen) atoms. The first-order chi connectivity index (χ1) is 30.3. The zero-order valence-electron chi connectivity index (χ0n) is 36.4. The summed E-state index contributed by atoms with van der Waals surface area (Å²) in [5.74, 6) is 0. The maximum atomic E-state index is 9.29. The van der Waals surface area contributed by atoms with Crippen LogP contribution in [0.5, 0.6) is 0 Å². The Morgan fingerprint density at radius 2 is 1.18 bits per heavy atom. The van der Waals surface area contributed by atoms with Crippen LogP contribution in [0.3, 0.4) is 0 Å². The predicted octanol–water partition coefficient (Wildman–Crippen LogP) is 15.1. The number of aliphatic imine (C=N–C) groups is 1. The van der Waals surface area contributed by atoms with E-state index in [1.807, 2.05) is 36.4 Å². The number of hydrogen-bond acceptors (Lipinski definition) is 3. The van der Waals surface area contributed by atoms with Gasteiger partial charge in [-0.1, -0.05) is 176 Å². The third-order valence-electron chi connectivity index (χ3n) is 10.3. The Kier molecular flexibility index (Phi) is 6.36. The van der Waals surface area contributed by atoms with E-state index in [9.17, 15) is 1.37 Å². The van der Waals surface area contributed by atoms with E-state index in [4.69, 9.17) is 13.2 Å². The highest BCUT2D eigenvalue weighted by Gasteiger charge is 2.26. The van der Waals surface area contributed by atoms with E-state index in [1.165, 1.54) is 10.8 Å². The van der Waals surface area contributed by atoms with Crippen LogP contribution in [0.25, 0.3) is 104 Å². The normalized spacial score (nSPS) is 13.8. The number of benzene rings is 8. The van der Waals surface area contributed by atoms with Crippen molar-refractivity contribution in [3.05, 3.63) is 188 Å². The molecule has 0 bridgehead atoms. The molecule has 8 aromatic carbocycles. The van der Waals surface area contributed by atoms with Crippen LogP contribution in [0.4, 0.5) is 5.69 Å². The van der Waals surface area contributed by atoms with Crippen molar-refractivity contribution in [1.82, 2.24) is 4.98 Å². The highest BCUT2D eigenvalue weighted by Crippen LogP contribution is 2.55. The standard InChI is InChI=1S/C52H34N2S/c1-3-33-26-27-35-28-31-46(54-50(35)49(33)53-2)43-29-30-44(41-24-14-13-23-40(41)43)48-47(34-16-6-4-7-17-34)52(55-51(48)36-18-8-5-9-19-36)45-32-37-20-10-11-21-38(37)39-22-12-15-25-42(39)45/h3-32H,1-2H2/i1D,2D,3D,26D,27D,28D,31D. The van der Waals surface area contributed by atoms with Crippen molar-refractivity contribution in [2.75, 3.05) is 0 Å². The van der Waals surface area contributed by atoms with Crippen LogP contribution in [-0.4, -0.2) is 11.7 Å². The molecule has 2 aromatic heterocycles. The van der Waals surface area contributed by atoms with Gasteiger partial charge in [-0.15, -0.1) is 11.3 Å². The molecule has 0 amide bonds. The summed E-state index contributed by atoms with van der Waals surface area (Å²) in [6.45, 7) is 1.51. The zero-order valence-corrected chi connectivity index (χ0v) is 30.2. The minimum Gasteiger partial charge on any atom is -0.262 e. The third-order valence-corrected chi connectivity index (χ3v) is 11.6. The number of aromatic nitrogens is 1. The van der Waals surface area contributed by atoms with Crippen molar-refractivity contribution in [2.45, 2.75) is 0 Å². The fourth-order valence-corrected chi connectivity index (χ4v) is 9.19. The quantitative estimate of drug-likeness (QED) is 0.119. The first kappa shape index (κ1) is 25.9. The molecular weight excluding hydrogens is 685 g/mol. The van der Waals surface area contributed by atoms with E-state index in [-0.39, 0.29) is 46.0 Å². The lowest BCUT2D eigenvalue weighted by molar-refractivity contribution is 1.39. The fourth-order valence-electron chi connectivity index (χ4n) is 7.82. The van der Waals surface area contributed by atoms with E-state index < -0.39 is 12.1 Å². The second-order valence-corrected chi connectivity index (χ2v) is 14.3. The van der Waals surface area contributed by atoms with Gasteiger partial charge in [-0.05, 0) is 67.8 Å². The van der Waals surface area contributed by atoms with Gasteiger partial charge in [-0.3, -0.25) is 4.99 Å². The van der Waals surface area contributed by atoms with Crippen molar-refractivity contribution in [3.63, 3.8) is 0 Å². The second kappa shape index (κ2) is 13.5. The van der Waals surface area contributed by atoms with Gasteiger partial charge in [-0.2, -0.15) is 0 Å². The summed E-state index contributed by atoms with van der Waals surface area (Å²) in [6.07, 6.45) is 0. The molecule has 258 valence electrons. The van der Waals surface area contributed by atoms with E-state index in [0.717, 1.165) is 77.9 Å². The van der Waals surface area contributed by atoms with Crippen LogP contribution in [0.15, 0.2) is 187 Å². The number of nitrogens with zero attached hydrogens (tertiary/aromatic N) is 2. The largest absolute Gasteiger partial charge is 0.262 e. The van der Waals surface area contributed by atoms with Gasteiger partial charge in [0.15, 0.2) is 0 Å². The van der Waals surface area contributed by atoms with Gasteiger partial charge in [0, 0.05) is 43.0 Å². The first-order valence-electron chi connectivity index (χ1n) is 21.6. The molecule has 0 saturated heterocycles. The lowest BCUT2D eigenvalue weighted by Gasteiger charge is -2.16. The zero-order chi connectivity index (χ0) is 42.6. The minimum absolute atomic E-state index is 0.0167. The average Bonchev–Trinajstić information content (AvgIpc) is 3.71. The van der Waals surface area contributed by atoms with Crippen LogP contribution in [0, 0.1) is 0 Å². The molecular formula is C52H34N2S. The van der Waals surface area contributed by atoms with Crippen LogP contribution < -0.4 is 0 Å². The molecule has 10 aromatic rings. The molecule has 3 heteroatoms. The molecule has 0 N–H and O–H groups in total. The number of rotatable bonds is 7. The Hall–Kier alpha value is -6.94. The Morgan fingerprint density at radius 3 is 1.93 bits per heavy atom. The summed E-state index contributed by atoms with van der Waals surface area (Å²) in [7, 11) is 0. The SMILES string of the molecule is [2H]C=Nc1c(C([2H])=C[2H])c([2H])c([2H])c2c([2H])c([2H])c(-c3ccc(-c4c(-c5ccccc5)sc(-c5cc6ccccc6c6ccccc56)c4-c4ccccc4)c4ccccc34)nc12. The summed E-state index contributed by atoms with van der Waals surface area (Å²) < 4.78 is 60.0. The molecule has 0 unspecified atom stereocenters. The van der Waals surface area contributed by atoms with E-state index in [0.29, 0.717) is 5.56 Å². The van der Waals surface area contributed by atoms with Crippen LogP contribution in [0.1, 0.15) is 15.2 Å². The molecule has 0 spiro atoms. The topological polar surface area (TPSA) is 25.2 Å². The van der Waals surface area contributed by atoms with Crippen molar-refractivity contribution >= 4 is 73.0 Å². The van der Waals surface area contributed by atoms with Crippen molar-refractivity contribution in [2.24, 2.45) is 4.99 Å². The predicted molar refractivity (Wildman–Crippen MR) is 239 cm³/mol. The van der Waals surface area contributed by atoms with Gasteiger partial charge in [0.25, 0.3) is 0 Å². The molecule has 0 aliphatic carbocycles. The number of thiophene rings is 1. The molecule has 2 heterocycles. The van der Waals surface area contributed by atoms with Crippen molar-refractivity contribution in [1.29, 1.82) is 0 Å². The molecule has 0 aliphatic rings. The van der Waals surface area contributed by atoms with Crippen molar-refractivity contribution in [3.8, 4) is 54.4 Å². The fraction of sp³-hybridized carbons (Fsp3) is 0. The second-order valence-electron chi connectivity index (χ2n) is 13.3. The smallest absolute Gasteiger partial charge is 0.0971 e. The molecule has 0 fully saturated rings. The van der Waals surface area contributed by atoms with Gasteiger partial charge in [0.05, 0.1) is 26.5 Å². The van der Waals surface area contributed by atoms with Crippen LogP contribution in [0.2, 0.25) is 0 Å². The lowest BCUT2D eigenvalue weighted by atomic mass is 9.86.